The molecule has 106 valence electrons. The van der Waals surface area contributed by atoms with Gasteiger partial charge in [0.05, 0.1) is 0 Å². The molecule has 1 N–H and O–H groups in total. The van der Waals surface area contributed by atoms with Gasteiger partial charge in [-0.15, -0.1) is 11.8 Å². The van der Waals surface area contributed by atoms with E-state index in [9.17, 15) is 4.39 Å². The molecule has 0 saturated carbocycles. The number of hydrogen-bond donors (Lipinski definition) is 1. The Morgan fingerprint density at radius 2 is 1.85 bits per heavy atom. The molecule has 0 heterocycles. The fourth-order valence-corrected chi connectivity index (χ4v) is 3.65. The Hall–Kier alpha value is -0.840. The van der Waals surface area contributed by atoms with Crippen LogP contribution in [0, 0.1) is 5.82 Å². The van der Waals surface area contributed by atoms with Gasteiger partial charge >= 0.3 is 0 Å². The average molecular weight is 354 g/mol. The molecule has 0 aromatic heterocycles. The quantitative estimate of drug-likeness (QED) is 0.730. The van der Waals surface area contributed by atoms with Crippen molar-refractivity contribution in [3.05, 3.63) is 64.4 Å². The molecule has 1 unspecified atom stereocenters. The van der Waals surface area contributed by atoms with Gasteiger partial charge in [0.2, 0.25) is 0 Å². The molecule has 0 saturated heterocycles. The van der Waals surface area contributed by atoms with Crippen molar-refractivity contribution in [1.82, 2.24) is 5.32 Å². The third-order valence-electron chi connectivity index (χ3n) is 2.97. The van der Waals surface area contributed by atoms with Crippen molar-refractivity contribution in [3.63, 3.8) is 0 Å². The molecule has 1 nitrogen and oxygen atoms in total. The van der Waals surface area contributed by atoms with Crippen LogP contribution in [-0.2, 0) is 0 Å². The molecule has 0 fully saturated rings. The first kappa shape index (κ1) is 15.5. The molecule has 1 atom stereocenters. The van der Waals surface area contributed by atoms with E-state index >= 15 is 0 Å². The second-order valence-electron chi connectivity index (χ2n) is 4.37. The Morgan fingerprint density at radius 3 is 2.55 bits per heavy atom. The van der Waals surface area contributed by atoms with E-state index in [1.807, 2.05) is 37.3 Å². The lowest BCUT2D eigenvalue weighted by atomic mass is 10.1. The molecule has 0 aliphatic heterocycles. The number of thioether (sulfide) groups is 1. The highest BCUT2D eigenvalue weighted by Gasteiger charge is 2.15. The smallest absolute Gasteiger partial charge is 0.128 e. The number of halogens is 2. The van der Waals surface area contributed by atoms with Crippen LogP contribution in [-0.4, -0.2) is 12.3 Å². The van der Waals surface area contributed by atoms with Crippen LogP contribution in [0.25, 0.3) is 0 Å². The maximum absolute atomic E-state index is 13.9. The Morgan fingerprint density at radius 1 is 1.15 bits per heavy atom. The second kappa shape index (κ2) is 7.81. The van der Waals surface area contributed by atoms with Crippen molar-refractivity contribution >= 4 is 27.7 Å². The number of nitrogens with one attached hydrogen (secondary N) is 1. The summed E-state index contributed by atoms with van der Waals surface area (Å²) in [7, 11) is 0. The van der Waals surface area contributed by atoms with E-state index in [1.54, 1.807) is 17.8 Å². The highest BCUT2D eigenvalue weighted by Crippen LogP contribution is 2.31. The molecule has 0 bridgehead atoms. The van der Waals surface area contributed by atoms with E-state index in [-0.39, 0.29) is 11.9 Å². The molecule has 2 rings (SSSR count). The van der Waals surface area contributed by atoms with Gasteiger partial charge in [-0.1, -0.05) is 37.3 Å². The molecular formula is C16H17BrFNS. The van der Waals surface area contributed by atoms with Crippen LogP contribution in [0.1, 0.15) is 18.5 Å². The summed E-state index contributed by atoms with van der Waals surface area (Å²) < 4.78 is 15.0. The number of hydrogen-bond acceptors (Lipinski definition) is 2. The number of rotatable bonds is 6. The molecule has 2 aromatic carbocycles. The first-order valence-electron chi connectivity index (χ1n) is 6.57. The normalized spacial score (nSPS) is 12.3. The van der Waals surface area contributed by atoms with Crippen LogP contribution < -0.4 is 5.32 Å². The van der Waals surface area contributed by atoms with E-state index in [0.717, 1.165) is 22.3 Å². The lowest BCUT2D eigenvalue weighted by molar-refractivity contribution is 0.545. The Balaban J connectivity index is 2.11. The number of benzene rings is 2. The van der Waals surface area contributed by atoms with E-state index in [1.165, 1.54) is 11.0 Å². The zero-order chi connectivity index (χ0) is 14.4. The van der Waals surface area contributed by atoms with Crippen molar-refractivity contribution in [2.75, 3.05) is 12.3 Å². The van der Waals surface area contributed by atoms with Crippen molar-refractivity contribution < 1.29 is 4.39 Å². The van der Waals surface area contributed by atoms with Gasteiger partial charge in [0.1, 0.15) is 5.82 Å². The van der Waals surface area contributed by atoms with Crippen LogP contribution in [0.5, 0.6) is 0 Å². The minimum absolute atomic E-state index is 0.0123. The fraction of sp³-hybridized carbons (Fsp3) is 0.250. The van der Waals surface area contributed by atoms with Crippen LogP contribution in [0.4, 0.5) is 4.39 Å². The molecule has 0 aliphatic rings. The molecule has 0 aliphatic carbocycles. The van der Waals surface area contributed by atoms with E-state index in [2.05, 4.69) is 27.3 Å². The standard InChI is InChI=1S/C16H17BrFNS/c1-2-19-15(12-7-3-5-9-14(12)18)11-20-16-10-6-4-8-13(16)17/h3-10,15,19H,2,11H2,1H3. The minimum atomic E-state index is -0.147. The average Bonchev–Trinajstić information content (AvgIpc) is 2.46. The largest absolute Gasteiger partial charge is 0.309 e. The van der Waals surface area contributed by atoms with Gasteiger partial charge in [-0.25, -0.2) is 4.39 Å². The van der Waals surface area contributed by atoms with E-state index in [4.69, 9.17) is 0 Å². The molecule has 20 heavy (non-hydrogen) atoms. The van der Waals surface area contributed by atoms with Crippen LogP contribution in [0.2, 0.25) is 0 Å². The zero-order valence-electron chi connectivity index (χ0n) is 11.3. The minimum Gasteiger partial charge on any atom is -0.309 e. The Kier molecular flexibility index (Phi) is 6.07. The van der Waals surface area contributed by atoms with E-state index in [0.29, 0.717) is 0 Å². The monoisotopic (exact) mass is 353 g/mol. The summed E-state index contributed by atoms with van der Waals surface area (Å²) in [5.74, 6) is 0.642. The predicted molar refractivity (Wildman–Crippen MR) is 87.7 cm³/mol. The highest BCUT2D eigenvalue weighted by atomic mass is 79.9. The third kappa shape index (κ3) is 4.08. The van der Waals surface area contributed by atoms with Gasteiger partial charge in [-0.3, -0.25) is 0 Å². The van der Waals surface area contributed by atoms with Crippen LogP contribution >= 0.6 is 27.7 Å². The SMILES string of the molecule is CCNC(CSc1ccccc1Br)c1ccccc1F. The van der Waals surface area contributed by atoms with E-state index < -0.39 is 0 Å². The van der Waals surface area contributed by atoms with Crippen LogP contribution in [0.15, 0.2) is 57.9 Å². The van der Waals surface area contributed by atoms with Crippen molar-refractivity contribution in [3.8, 4) is 0 Å². The summed E-state index contributed by atoms with van der Waals surface area (Å²) in [5.41, 5.74) is 0.730. The fourth-order valence-electron chi connectivity index (χ4n) is 2.00. The summed E-state index contributed by atoms with van der Waals surface area (Å²) in [4.78, 5) is 1.17. The lowest BCUT2D eigenvalue weighted by Crippen LogP contribution is -2.23. The first-order chi connectivity index (χ1) is 9.72. The Bertz CT molecular complexity index is 562. The molecule has 0 amide bonds. The van der Waals surface area contributed by atoms with Gasteiger partial charge < -0.3 is 5.32 Å². The summed E-state index contributed by atoms with van der Waals surface area (Å²) in [6.45, 7) is 2.85. The maximum Gasteiger partial charge on any atom is 0.128 e. The Labute approximate surface area is 132 Å². The van der Waals surface area contributed by atoms with Gasteiger partial charge in [0, 0.05) is 26.7 Å². The van der Waals surface area contributed by atoms with Crippen molar-refractivity contribution in [2.45, 2.75) is 17.9 Å². The third-order valence-corrected chi connectivity index (χ3v) is 5.09. The zero-order valence-corrected chi connectivity index (χ0v) is 13.7. The van der Waals surface area contributed by atoms with Gasteiger partial charge in [-0.2, -0.15) is 0 Å². The predicted octanol–water partition coefficient (Wildman–Crippen LogP) is 5.03. The highest BCUT2D eigenvalue weighted by molar-refractivity contribution is 9.10. The summed E-state index contributed by atoms with van der Waals surface area (Å²) in [6, 6.07) is 15.1. The first-order valence-corrected chi connectivity index (χ1v) is 8.35. The van der Waals surface area contributed by atoms with Crippen LogP contribution in [0.3, 0.4) is 0 Å². The topological polar surface area (TPSA) is 12.0 Å². The van der Waals surface area contributed by atoms with Crippen molar-refractivity contribution in [2.24, 2.45) is 0 Å². The molecule has 2 aromatic rings. The summed E-state index contributed by atoms with van der Waals surface area (Å²) >= 11 is 5.26. The van der Waals surface area contributed by atoms with Gasteiger partial charge in [0.15, 0.2) is 0 Å². The summed E-state index contributed by atoms with van der Waals surface area (Å²) in [6.07, 6.45) is 0. The summed E-state index contributed by atoms with van der Waals surface area (Å²) in [5, 5.41) is 3.35. The van der Waals surface area contributed by atoms with Gasteiger partial charge in [0.25, 0.3) is 0 Å². The molecule has 0 radical (unpaired) electrons. The maximum atomic E-state index is 13.9. The lowest BCUT2D eigenvalue weighted by Gasteiger charge is -2.19. The molecule has 0 spiro atoms. The molecule has 4 heteroatoms. The molecular weight excluding hydrogens is 337 g/mol. The van der Waals surface area contributed by atoms with Crippen molar-refractivity contribution in [1.29, 1.82) is 0 Å². The second-order valence-corrected chi connectivity index (χ2v) is 6.29. The van der Waals surface area contributed by atoms with Gasteiger partial charge in [-0.05, 0) is 40.7 Å².